The zero-order valence-corrected chi connectivity index (χ0v) is 9.67. The minimum atomic E-state index is -1.01. The third-order valence-electron chi connectivity index (χ3n) is 1.88. The van der Waals surface area contributed by atoms with Crippen molar-refractivity contribution < 1.29 is 14.7 Å². The summed E-state index contributed by atoms with van der Waals surface area (Å²) < 4.78 is 0. The van der Waals surface area contributed by atoms with Crippen LogP contribution in [0.2, 0.25) is 0 Å². The zero-order chi connectivity index (χ0) is 11.4. The van der Waals surface area contributed by atoms with Crippen molar-refractivity contribution in [2.24, 2.45) is 0 Å². The molecule has 0 radical (unpaired) electrons. The van der Waals surface area contributed by atoms with Crippen LogP contribution in [0.4, 0.5) is 5.69 Å². The molecule has 1 aromatic rings. The fourth-order valence-corrected chi connectivity index (χ4v) is 1.21. The number of amides is 1. The molecular weight excluding hydrogens is 262 g/mol. The Hall–Kier alpha value is -1.36. The van der Waals surface area contributed by atoms with Crippen molar-refractivity contribution in [3.63, 3.8) is 0 Å². The van der Waals surface area contributed by atoms with Crippen LogP contribution in [-0.4, -0.2) is 22.3 Å². The maximum absolute atomic E-state index is 11.1. The van der Waals surface area contributed by atoms with Gasteiger partial charge in [-0.3, -0.25) is 4.79 Å². The van der Waals surface area contributed by atoms with Crippen LogP contribution in [0.15, 0.2) is 18.2 Å². The zero-order valence-electron chi connectivity index (χ0n) is 8.08. The summed E-state index contributed by atoms with van der Waals surface area (Å²) in [7, 11) is 0. The average molecular weight is 272 g/mol. The van der Waals surface area contributed by atoms with Crippen molar-refractivity contribution in [3.05, 3.63) is 29.3 Å². The van der Waals surface area contributed by atoms with E-state index in [4.69, 9.17) is 5.11 Å². The van der Waals surface area contributed by atoms with Crippen molar-refractivity contribution in [1.82, 2.24) is 0 Å². The second-order valence-electron chi connectivity index (χ2n) is 3.02. The highest BCUT2D eigenvalue weighted by Gasteiger charge is 2.07. The standard InChI is InChI=1S/C10H10BrNO3/c1-6-2-3-7(10(14)15)4-8(6)12-9(13)5-11/h2-4H,5H2,1H3,(H,12,13)(H,14,15). The number of hydrogen-bond donors (Lipinski definition) is 2. The fraction of sp³-hybridized carbons (Fsp3) is 0.200. The molecule has 0 aliphatic rings. The second kappa shape index (κ2) is 4.93. The Labute approximate surface area is 95.4 Å². The number of hydrogen-bond acceptors (Lipinski definition) is 2. The van der Waals surface area contributed by atoms with Crippen LogP contribution >= 0.6 is 15.9 Å². The van der Waals surface area contributed by atoms with Gasteiger partial charge in [0.15, 0.2) is 0 Å². The highest BCUT2D eigenvalue weighted by molar-refractivity contribution is 9.09. The van der Waals surface area contributed by atoms with Crippen LogP contribution in [0.3, 0.4) is 0 Å². The molecule has 0 aliphatic heterocycles. The molecule has 0 atom stereocenters. The number of aromatic carboxylic acids is 1. The van der Waals surface area contributed by atoms with E-state index >= 15 is 0 Å². The number of anilines is 1. The third kappa shape index (κ3) is 3.06. The number of halogens is 1. The molecule has 0 aromatic heterocycles. The van der Waals surface area contributed by atoms with Crippen LogP contribution < -0.4 is 5.32 Å². The molecule has 0 aliphatic carbocycles. The molecule has 0 saturated carbocycles. The van der Waals surface area contributed by atoms with Crippen LogP contribution in [-0.2, 0) is 4.79 Å². The normalized spacial score (nSPS) is 9.73. The average Bonchev–Trinajstić information content (AvgIpc) is 2.20. The molecule has 2 N–H and O–H groups in total. The Kier molecular flexibility index (Phi) is 3.85. The van der Waals surface area contributed by atoms with E-state index in [1.54, 1.807) is 13.0 Å². The minimum Gasteiger partial charge on any atom is -0.478 e. The summed E-state index contributed by atoms with van der Waals surface area (Å²) in [4.78, 5) is 21.8. The first kappa shape index (κ1) is 11.7. The number of nitrogens with one attached hydrogen (secondary N) is 1. The van der Waals surface area contributed by atoms with E-state index in [-0.39, 0.29) is 16.8 Å². The Morgan fingerprint density at radius 3 is 2.67 bits per heavy atom. The molecule has 0 saturated heterocycles. The molecule has 80 valence electrons. The molecular formula is C10H10BrNO3. The maximum Gasteiger partial charge on any atom is 0.335 e. The van der Waals surface area contributed by atoms with Crippen molar-refractivity contribution in [3.8, 4) is 0 Å². The summed E-state index contributed by atoms with van der Waals surface area (Å²) in [5.41, 5.74) is 1.51. The van der Waals surface area contributed by atoms with Gasteiger partial charge in [0.25, 0.3) is 0 Å². The van der Waals surface area contributed by atoms with E-state index in [9.17, 15) is 9.59 Å². The number of aryl methyl sites for hydroxylation is 1. The van der Waals surface area contributed by atoms with Crippen molar-refractivity contribution in [2.45, 2.75) is 6.92 Å². The molecule has 1 rings (SSSR count). The number of carboxylic acid groups (broad SMARTS) is 1. The van der Waals surface area contributed by atoms with Crippen molar-refractivity contribution in [2.75, 3.05) is 10.6 Å². The quantitative estimate of drug-likeness (QED) is 0.827. The third-order valence-corrected chi connectivity index (χ3v) is 2.39. The first-order chi connectivity index (χ1) is 7.04. The fourth-order valence-electron chi connectivity index (χ4n) is 1.07. The lowest BCUT2D eigenvalue weighted by atomic mass is 10.1. The van der Waals surface area contributed by atoms with Crippen LogP contribution in [0.1, 0.15) is 15.9 Å². The van der Waals surface area contributed by atoms with E-state index in [1.165, 1.54) is 12.1 Å². The first-order valence-corrected chi connectivity index (χ1v) is 5.36. The predicted molar refractivity (Wildman–Crippen MR) is 60.6 cm³/mol. The van der Waals surface area contributed by atoms with Gasteiger partial charge in [-0.2, -0.15) is 0 Å². The number of rotatable bonds is 3. The van der Waals surface area contributed by atoms with Gasteiger partial charge in [0.05, 0.1) is 10.9 Å². The van der Waals surface area contributed by atoms with Gasteiger partial charge >= 0.3 is 5.97 Å². The molecule has 5 heteroatoms. The Bertz CT molecular complexity index is 404. The van der Waals surface area contributed by atoms with E-state index in [0.29, 0.717) is 5.69 Å². The summed E-state index contributed by atoms with van der Waals surface area (Å²) >= 11 is 3.02. The van der Waals surface area contributed by atoms with Crippen LogP contribution in [0, 0.1) is 6.92 Å². The molecule has 0 unspecified atom stereocenters. The van der Waals surface area contributed by atoms with Gasteiger partial charge in [0, 0.05) is 5.69 Å². The van der Waals surface area contributed by atoms with Gasteiger partial charge in [-0.1, -0.05) is 22.0 Å². The lowest BCUT2D eigenvalue weighted by Gasteiger charge is -2.07. The van der Waals surface area contributed by atoms with Gasteiger partial charge in [-0.25, -0.2) is 4.79 Å². The van der Waals surface area contributed by atoms with Crippen LogP contribution in [0.25, 0.3) is 0 Å². The van der Waals surface area contributed by atoms with E-state index in [2.05, 4.69) is 21.2 Å². The Morgan fingerprint density at radius 2 is 2.13 bits per heavy atom. The number of carbonyl (C=O) groups is 2. The smallest absolute Gasteiger partial charge is 0.335 e. The SMILES string of the molecule is Cc1ccc(C(=O)O)cc1NC(=O)CBr. The van der Waals surface area contributed by atoms with E-state index in [1.807, 2.05) is 0 Å². The van der Waals surface area contributed by atoms with E-state index in [0.717, 1.165) is 5.56 Å². The maximum atomic E-state index is 11.1. The highest BCUT2D eigenvalue weighted by Crippen LogP contribution is 2.17. The molecule has 4 nitrogen and oxygen atoms in total. The molecule has 0 bridgehead atoms. The Balaban J connectivity index is 3.00. The van der Waals surface area contributed by atoms with Gasteiger partial charge < -0.3 is 10.4 Å². The molecule has 1 amide bonds. The summed E-state index contributed by atoms with van der Waals surface area (Å²) in [6.07, 6.45) is 0. The Morgan fingerprint density at radius 1 is 1.47 bits per heavy atom. The second-order valence-corrected chi connectivity index (χ2v) is 3.58. The summed E-state index contributed by atoms with van der Waals surface area (Å²) in [6.45, 7) is 1.80. The summed E-state index contributed by atoms with van der Waals surface area (Å²) in [5, 5.41) is 11.6. The largest absolute Gasteiger partial charge is 0.478 e. The summed E-state index contributed by atoms with van der Waals surface area (Å²) in [5.74, 6) is -1.22. The lowest BCUT2D eigenvalue weighted by Crippen LogP contribution is -2.13. The van der Waals surface area contributed by atoms with Crippen LogP contribution in [0.5, 0.6) is 0 Å². The van der Waals surface area contributed by atoms with Crippen molar-refractivity contribution >= 4 is 33.5 Å². The monoisotopic (exact) mass is 271 g/mol. The van der Waals surface area contributed by atoms with Gasteiger partial charge in [0.1, 0.15) is 0 Å². The topological polar surface area (TPSA) is 66.4 Å². The predicted octanol–water partition coefficient (Wildman–Crippen LogP) is 2.03. The number of alkyl halides is 1. The van der Waals surface area contributed by atoms with Gasteiger partial charge in [-0.15, -0.1) is 0 Å². The number of benzene rings is 1. The lowest BCUT2D eigenvalue weighted by molar-refractivity contribution is -0.113. The van der Waals surface area contributed by atoms with Gasteiger partial charge in [-0.05, 0) is 24.6 Å². The van der Waals surface area contributed by atoms with Gasteiger partial charge in [0.2, 0.25) is 5.91 Å². The highest BCUT2D eigenvalue weighted by atomic mass is 79.9. The molecule has 0 heterocycles. The molecule has 1 aromatic carbocycles. The molecule has 15 heavy (non-hydrogen) atoms. The number of carbonyl (C=O) groups excluding carboxylic acids is 1. The number of carboxylic acids is 1. The molecule has 0 fully saturated rings. The van der Waals surface area contributed by atoms with Crippen molar-refractivity contribution in [1.29, 1.82) is 0 Å². The van der Waals surface area contributed by atoms with E-state index < -0.39 is 5.97 Å². The first-order valence-electron chi connectivity index (χ1n) is 4.24. The molecule has 0 spiro atoms. The summed E-state index contributed by atoms with van der Waals surface area (Å²) in [6, 6.07) is 4.60. The minimum absolute atomic E-state index is 0.158.